The number of nitrogens with zero attached hydrogens (tertiary/aromatic N) is 5. The number of hydrazine groups is 1. The standard InChI is InChI=1S/C44H57FN6O5.C8H11NO2/c1-10-50-36-19-18-30-24-32(36)33(38(50)31-16-12-20-46-37(31)27(2)55-9)25-43(3,4)26-56-42(54)34-17-13-21-51(48-34)41(53)35(23-28-14-11-15-29(30)22-28)47-40(52)39(49(7)8)44(5,6)45;1-2-8(11)9-4-3-7(5-9)6-10/h11-12,14-16,18-20,22,24,27,34-35,39,48H,10,13,17,21,23,25-26H2,1-9H3,(H,47,52);2,6-7H,1,3-5H2/t27?,34-,35?,39?;/m0./s1. The summed E-state index contributed by atoms with van der Waals surface area (Å²) in [6.45, 7) is 16.9. The van der Waals surface area contributed by atoms with Gasteiger partial charge in [-0.05, 0) is 120 Å². The molecule has 5 atom stereocenters. The second-order valence-electron chi connectivity index (χ2n) is 19.4. The number of alkyl halides is 1. The Morgan fingerprint density at radius 1 is 1.10 bits per heavy atom. The lowest BCUT2D eigenvalue weighted by Crippen LogP contribution is -2.62. The fraction of sp³-hybridized carbons (Fsp3) is 0.500. The number of aromatic nitrogens is 2. The third-order valence-electron chi connectivity index (χ3n) is 12.9. The van der Waals surface area contributed by atoms with E-state index in [1.807, 2.05) is 37.3 Å². The Morgan fingerprint density at radius 3 is 2.51 bits per heavy atom. The highest BCUT2D eigenvalue weighted by Gasteiger charge is 2.41. The maximum absolute atomic E-state index is 15.4. The summed E-state index contributed by atoms with van der Waals surface area (Å²) in [5.74, 6) is -1.48. The van der Waals surface area contributed by atoms with Crippen molar-refractivity contribution in [3.63, 3.8) is 0 Å². The number of rotatable bonds is 10. The number of likely N-dealkylation sites (tertiary alicyclic amines) is 1. The van der Waals surface area contributed by atoms with Gasteiger partial charge in [-0.2, -0.15) is 0 Å². The van der Waals surface area contributed by atoms with Crippen molar-refractivity contribution in [1.29, 1.82) is 0 Å². The zero-order valence-corrected chi connectivity index (χ0v) is 40.6. The molecule has 0 aliphatic carbocycles. The number of aryl methyl sites for hydroxylation is 1. The van der Waals surface area contributed by atoms with Crippen LogP contribution in [0.5, 0.6) is 0 Å². The largest absolute Gasteiger partial charge is 0.464 e. The monoisotopic (exact) mass is 922 g/mol. The maximum atomic E-state index is 15.4. The minimum Gasteiger partial charge on any atom is -0.464 e. The molecule has 15 heteroatoms. The van der Waals surface area contributed by atoms with E-state index in [1.165, 1.54) is 29.8 Å². The van der Waals surface area contributed by atoms with Crippen molar-refractivity contribution in [3.05, 3.63) is 90.3 Å². The molecule has 67 heavy (non-hydrogen) atoms. The number of ether oxygens (including phenoxy) is 2. The van der Waals surface area contributed by atoms with Gasteiger partial charge < -0.3 is 29.1 Å². The molecule has 0 saturated carbocycles. The van der Waals surface area contributed by atoms with Gasteiger partial charge in [-0.25, -0.2) is 9.82 Å². The van der Waals surface area contributed by atoms with E-state index in [1.54, 1.807) is 32.3 Å². The van der Waals surface area contributed by atoms with E-state index >= 15 is 4.39 Å². The Kier molecular flexibility index (Phi) is 16.2. The van der Waals surface area contributed by atoms with Gasteiger partial charge in [-0.3, -0.25) is 34.1 Å². The fourth-order valence-corrected chi connectivity index (χ4v) is 9.62. The summed E-state index contributed by atoms with van der Waals surface area (Å²) in [7, 11) is 4.97. The summed E-state index contributed by atoms with van der Waals surface area (Å²) in [5.41, 5.74) is 8.60. The van der Waals surface area contributed by atoms with Gasteiger partial charge in [0.1, 0.15) is 30.1 Å². The topological polar surface area (TPSA) is 155 Å². The molecule has 2 aromatic carbocycles. The summed E-state index contributed by atoms with van der Waals surface area (Å²) >= 11 is 0. The lowest BCUT2D eigenvalue weighted by molar-refractivity contribution is -0.155. The summed E-state index contributed by atoms with van der Waals surface area (Å²) in [5, 5.41) is 5.39. The van der Waals surface area contributed by atoms with Gasteiger partial charge in [-0.1, -0.05) is 50.8 Å². The highest BCUT2D eigenvalue weighted by molar-refractivity contribution is 5.96. The smallest absolute Gasteiger partial charge is 0.324 e. The predicted molar refractivity (Wildman–Crippen MR) is 257 cm³/mol. The lowest BCUT2D eigenvalue weighted by Gasteiger charge is -2.37. The molecule has 5 heterocycles. The molecule has 2 N–H and O–H groups in total. The predicted octanol–water partition coefficient (Wildman–Crippen LogP) is 6.64. The number of nitrogens with one attached hydrogen (secondary N) is 2. The van der Waals surface area contributed by atoms with Gasteiger partial charge in [0.15, 0.2) is 0 Å². The summed E-state index contributed by atoms with van der Waals surface area (Å²) in [6, 6.07) is 15.6. The highest BCUT2D eigenvalue weighted by Crippen LogP contribution is 2.42. The van der Waals surface area contributed by atoms with E-state index in [4.69, 9.17) is 14.5 Å². The van der Waals surface area contributed by atoms with E-state index in [2.05, 4.69) is 66.9 Å². The zero-order valence-electron chi connectivity index (χ0n) is 40.6. The second kappa shape index (κ2) is 21.5. The third kappa shape index (κ3) is 11.7. The SMILES string of the molecule is C=CC(=O)N1CCC(C=O)C1.CCn1c(-c2cccnc2C(C)OC)c2c3cc(ccc31)-c1cccc(c1)CC(NC(=O)C(N(C)C)C(C)(C)F)C(=O)N1CCC[C@H](N1)C(=O)OCC(C)(C)C2. The molecule has 7 rings (SSSR count). The number of halogens is 1. The number of likely N-dealkylation sites (N-methyl/N-ethyl adjacent to an activating group) is 1. The number of carbonyl (C=O) groups excluding carboxylic acids is 5. The van der Waals surface area contributed by atoms with Crippen molar-refractivity contribution in [2.24, 2.45) is 11.3 Å². The van der Waals surface area contributed by atoms with Crippen LogP contribution in [-0.2, 0) is 52.8 Å². The minimum atomic E-state index is -1.88. The molecule has 4 aromatic rings. The molecule has 0 spiro atoms. The van der Waals surface area contributed by atoms with Crippen LogP contribution in [0.25, 0.3) is 33.3 Å². The third-order valence-corrected chi connectivity index (χ3v) is 12.9. The van der Waals surface area contributed by atoms with Crippen LogP contribution in [0.2, 0.25) is 0 Å². The molecular weight excluding hydrogens is 854 g/mol. The average molecular weight is 922 g/mol. The van der Waals surface area contributed by atoms with E-state index < -0.39 is 47.0 Å². The summed E-state index contributed by atoms with van der Waals surface area (Å²) < 4.78 is 29.6. The molecular formula is C52H68FN7O7. The molecule has 14 nitrogen and oxygen atoms in total. The number of methoxy groups -OCH3 is 1. The second-order valence-corrected chi connectivity index (χ2v) is 19.4. The molecule has 2 fully saturated rings. The van der Waals surface area contributed by atoms with Crippen LogP contribution in [-0.4, -0.2) is 126 Å². The first-order valence-electron chi connectivity index (χ1n) is 23.3. The molecule has 0 radical (unpaired) electrons. The Balaban J connectivity index is 0.000000591. The molecule has 2 saturated heterocycles. The molecule has 6 bridgehead atoms. The number of amides is 3. The maximum Gasteiger partial charge on any atom is 0.324 e. The number of pyridine rings is 1. The minimum absolute atomic E-state index is 0.0406. The van der Waals surface area contributed by atoms with Crippen LogP contribution in [0.3, 0.4) is 0 Å². The van der Waals surface area contributed by atoms with Crippen LogP contribution in [0, 0.1) is 11.3 Å². The van der Waals surface area contributed by atoms with E-state index in [0.717, 1.165) is 62.8 Å². The Morgan fingerprint density at radius 2 is 1.85 bits per heavy atom. The number of esters is 1. The van der Waals surface area contributed by atoms with Crippen molar-refractivity contribution in [3.8, 4) is 22.4 Å². The molecule has 3 amide bonds. The van der Waals surface area contributed by atoms with Crippen LogP contribution in [0.4, 0.5) is 4.39 Å². The van der Waals surface area contributed by atoms with E-state index in [0.29, 0.717) is 45.4 Å². The van der Waals surface area contributed by atoms with E-state index in [-0.39, 0.29) is 31.0 Å². The molecule has 2 aromatic heterocycles. The van der Waals surface area contributed by atoms with Crippen LogP contribution < -0.4 is 10.7 Å². The lowest BCUT2D eigenvalue weighted by atomic mass is 9.84. The summed E-state index contributed by atoms with van der Waals surface area (Å²) in [6.07, 6.45) is 6.34. The number of cyclic esters (lactones) is 1. The number of benzene rings is 2. The molecule has 3 aliphatic heterocycles. The van der Waals surface area contributed by atoms with Crippen LogP contribution in [0.1, 0.15) is 83.7 Å². The number of fused-ring (bicyclic) bond motifs is 6. The van der Waals surface area contributed by atoms with Crippen LogP contribution >= 0.6 is 0 Å². The zero-order chi connectivity index (χ0) is 48.8. The van der Waals surface area contributed by atoms with Gasteiger partial charge in [0.2, 0.25) is 11.8 Å². The first-order chi connectivity index (χ1) is 31.8. The first-order valence-corrected chi connectivity index (χ1v) is 23.3. The quantitative estimate of drug-likeness (QED) is 0.101. The van der Waals surface area contributed by atoms with Crippen molar-refractivity contribution >= 4 is 40.9 Å². The Hall–Kier alpha value is -5.77. The van der Waals surface area contributed by atoms with Crippen LogP contribution in [0.15, 0.2) is 73.4 Å². The van der Waals surface area contributed by atoms with Gasteiger partial charge >= 0.3 is 5.97 Å². The average Bonchev–Trinajstić information content (AvgIpc) is 3.91. The summed E-state index contributed by atoms with van der Waals surface area (Å²) in [4.78, 5) is 71.0. The fourth-order valence-electron chi connectivity index (χ4n) is 9.62. The van der Waals surface area contributed by atoms with Crippen molar-refractivity contribution in [2.75, 3.05) is 47.4 Å². The Bertz CT molecular complexity index is 2460. The molecule has 360 valence electrons. The first kappa shape index (κ1) is 50.6. The van der Waals surface area contributed by atoms with Crippen molar-refractivity contribution in [2.45, 2.75) is 110 Å². The Labute approximate surface area is 394 Å². The highest BCUT2D eigenvalue weighted by atomic mass is 19.1. The number of hydrogen-bond acceptors (Lipinski definition) is 10. The molecule has 4 unspecified atom stereocenters. The van der Waals surface area contributed by atoms with E-state index in [9.17, 15) is 24.0 Å². The van der Waals surface area contributed by atoms with Crippen molar-refractivity contribution < 1.29 is 37.8 Å². The number of hydrogen-bond donors (Lipinski definition) is 2. The van der Waals surface area contributed by atoms with Gasteiger partial charge in [0, 0.05) is 73.7 Å². The van der Waals surface area contributed by atoms with Gasteiger partial charge in [0.05, 0.1) is 24.1 Å². The number of carbonyl (C=O) groups is 5. The molecule has 3 aliphatic rings. The number of aldehydes is 1. The van der Waals surface area contributed by atoms with Gasteiger partial charge in [0.25, 0.3) is 5.91 Å². The van der Waals surface area contributed by atoms with Crippen molar-refractivity contribution in [1.82, 2.24) is 35.1 Å². The normalized spacial score (nSPS) is 20.9. The van der Waals surface area contributed by atoms with Gasteiger partial charge in [-0.15, -0.1) is 0 Å².